The topological polar surface area (TPSA) is 70.7 Å². The van der Waals surface area contributed by atoms with Crippen LogP contribution in [0, 0.1) is 0 Å². The average Bonchev–Trinajstić information content (AvgIpc) is 2.36. The first-order valence-electron chi connectivity index (χ1n) is 6.96. The van der Waals surface area contributed by atoms with Crippen LogP contribution in [0.15, 0.2) is 33.0 Å². The summed E-state index contributed by atoms with van der Waals surface area (Å²) in [4.78, 5) is 12.2. The molecule has 0 amide bonds. The van der Waals surface area contributed by atoms with Gasteiger partial charge in [0.2, 0.25) is 0 Å². The molecule has 0 aliphatic heterocycles. The lowest BCUT2D eigenvalue weighted by Gasteiger charge is -2.10. The van der Waals surface area contributed by atoms with Gasteiger partial charge in [0.25, 0.3) is 0 Å². The Kier molecular flexibility index (Phi) is 4.07. The van der Waals surface area contributed by atoms with Gasteiger partial charge in [-0.1, -0.05) is 25.5 Å². The minimum atomic E-state index is -0.295. The van der Waals surface area contributed by atoms with Gasteiger partial charge in [0.1, 0.15) is 28.2 Å². The molecule has 0 bridgehead atoms. The number of phenols is 2. The molecule has 0 atom stereocenters. The second kappa shape index (κ2) is 5.64. The van der Waals surface area contributed by atoms with Gasteiger partial charge in [-0.15, -0.1) is 0 Å². The normalized spacial score (nSPS) is 11.1. The first-order valence-corrected chi connectivity index (χ1v) is 6.96. The second-order valence-corrected chi connectivity index (χ2v) is 5.75. The molecule has 0 aliphatic carbocycles. The summed E-state index contributed by atoms with van der Waals surface area (Å²) in [6.45, 7) is 7.68. The monoisotopic (exact) mass is 288 g/mol. The van der Waals surface area contributed by atoms with E-state index < -0.39 is 0 Å². The van der Waals surface area contributed by atoms with Crippen molar-refractivity contribution in [1.29, 1.82) is 0 Å². The molecule has 0 aliphatic rings. The van der Waals surface area contributed by atoms with Crippen LogP contribution in [0.4, 0.5) is 0 Å². The van der Waals surface area contributed by atoms with Gasteiger partial charge in [-0.2, -0.15) is 0 Å². The third kappa shape index (κ3) is 2.94. The summed E-state index contributed by atoms with van der Waals surface area (Å²) in [7, 11) is 0. The number of allylic oxidation sites excluding steroid dienone is 2. The van der Waals surface area contributed by atoms with Crippen LogP contribution in [0.5, 0.6) is 11.5 Å². The van der Waals surface area contributed by atoms with Crippen molar-refractivity contribution in [3.8, 4) is 11.5 Å². The molecule has 2 rings (SSSR count). The molecule has 0 spiro atoms. The predicted molar refractivity (Wildman–Crippen MR) is 83.0 cm³/mol. The van der Waals surface area contributed by atoms with E-state index in [9.17, 15) is 15.0 Å². The predicted octanol–water partition coefficient (Wildman–Crippen LogP) is 3.84. The summed E-state index contributed by atoms with van der Waals surface area (Å²) in [5.41, 5.74) is 1.32. The van der Waals surface area contributed by atoms with Crippen LogP contribution in [0.1, 0.15) is 44.9 Å². The zero-order valence-corrected chi connectivity index (χ0v) is 12.7. The minimum absolute atomic E-state index is 0.0525. The lowest BCUT2D eigenvalue weighted by molar-refractivity contribution is 0.439. The van der Waals surface area contributed by atoms with Gasteiger partial charge in [0.15, 0.2) is 5.43 Å². The van der Waals surface area contributed by atoms with Crippen LogP contribution >= 0.6 is 0 Å². The van der Waals surface area contributed by atoms with Crippen molar-refractivity contribution < 1.29 is 14.6 Å². The lowest BCUT2D eigenvalue weighted by Crippen LogP contribution is -2.04. The summed E-state index contributed by atoms with van der Waals surface area (Å²) in [6.07, 6.45) is 2.24. The highest BCUT2D eigenvalue weighted by Gasteiger charge is 2.17. The maximum absolute atomic E-state index is 12.2. The van der Waals surface area contributed by atoms with E-state index in [0.717, 1.165) is 5.57 Å². The zero-order chi connectivity index (χ0) is 15.7. The van der Waals surface area contributed by atoms with Gasteiger partial charge < -0.3 is 14.6 Å². The van der Waals surface area contributed by atoms with E-state index >= 15 is 0 Å². The molecule has 112 valence electrons. The van der Waals surface area contributed by atoms with Crippen LogP contribution in [0.25, 0.3) is 11.0 Å². The van der Waals surface area contributed by atoms with Crippen molar-refractivity contribution in [3.05, 3.63) is 45.3 Å². The molecule has 4 heteroatoms. The van der Waals surface area contributed by atoms with Gasteiger partial charge in [-0.3, -0.25) is 4.79 Å². The van der Waals surface area contributed by atoms with Crippen molar-refractivity contribution in [3.63, 3.8) is 0 Å². The molecule has 1 aromatic heterocycles. The Bertz CT molecular complexity index is 762. The number of hydrogen-bond acceptors (Lipinski definition) is 4. The van der Waals surface area contributed by atoms with Crippen molar-refractivity contribution >= 4 is 11.0 Å². The van der Waals surface area contributed by atoms with Crippen molar-refractivity contribution in [2.45, 2.75) is 40.0 Å². The first kappa shape index (κ1) is 15.2. The van der Waals surface area contributed by atoms with Gasteiger partial charge in [-0.05, 0) is 20.3 Å². The standard InChI is InChI=1S/C17H20O4/c1-9(2)5-6-11-12(18)7-15-16(17(11)20)13(19)8-14(21-15)10(3)4/h5,7-8,10,18,20H,6H2,1-4H3. The van der Waals surface area contributed by atoms with E-state index in [1.165, 1.54) is 12.1 Å². The van der Waals surface area contributed by atoms with Gasteiger partial charge in [-0.25, -0.2) is 0 Å². The molecule has 0 unspecified atom stereocenters. The average molecular weight is 288 g/mol. The fraction of sp³-hybridized carbons (Fsp3) is 0.353. The van der Waals surface area contributed by atoms with Crippen LogP contribution in [0.2, 0.25) is 0 Å². The molecule has 2 N–H and O–H groups in total. The first-order chi connectivity index (χ1) is 9.81. The second-order valence-electron chi connectivity index (χ2n) is 5.75. The Morgan fingerprint density at radius 2 is 1.95 bits per heavy atom. The summed E-state index contributed by atoms with van der Waals surface area (Å²) in [5.74, 6) is 0.313. The minimum Gasteiger partial charge on any atom is -0.507 e. The molecule has 0 radical (unpaired) electrons. The molecule has 1 aromatic carbocycles. The maximum atomic E-state index is 12.2. The fourth-order valence-electron chi connectivity index (χ4n) is 2.14. The quantitative estimate of drug-likeness (QED) is 0.842. The maximum Gasteiger partial charge on any atom is 0.196 e. The van der Waals surface area contributed by atoms with Crippen LogP contribution in [0.3, 0.4) is 0 Å². The molecule has 0 saturated carbocycles. The third-order valence-electron chi connectivity index (χ3n) is 3.38. The Balaban J connectivity index is 2.72. The molecule has 0 saturated heterocycles. The van der Waals surface area contributed by atoms with Crippen LogP contribution in [-0.2, 0) is 6.42 Å². The van der Waals surface area contributed by atoms with E-state index in [-0.39, 0.29) is 33.8 Å². The molecule has 2 aromatic rings. The number of hydrogen-bond donors (Lipinski definition) is 2. The highest BCUT2D eigenvalue weighted by molar-refractivity contribution is 5.86. The Labute approximate surface area is 123 Å². The van der Waals surface area contributed by atoms with E-state index in [2.05, 4.69) is 0 Å². The van der Waals surface area contributed by atoms with Gasteiger partial charge in [0.05, 0.1) is 0 Å². The molecular weight excluding hydrogens is 268 g/mol. The molecule has 0 fully saturated rings. The summed E-state index contributed by atoms with van der Waals surface area (Å²) in [6, 6.07) is 2.80. The van der Waals surface area contributed by atoms with Crippen LogP contribution in [-0.4, -0.2) is 10.2 Å². The molecule has 21 heavy (non-hydrogen) atoms. The Morgan fingerprint density at radius 3 is 2.52 bits per heavy atom. The largest absolute Gasteiger partial charge is 0.507 e. The molecule has 4 nitrogen and oxygen atoms in total. The summed E-state index contributed by atoms with van der Waals surface area (Å²) < 4.78 is 5.61. The number of rotatable bonds is 3. The van der Waals surface area contributed by atoms with Crippen molar-refractivity contribution in [2.75, 3.05) is 0 Å². The highest BCUT2D eigenvalue weighted by atomic mass is 16.3. The number of aromatic hydroxyl groups is 2. The zero-order valence-electron chi connectivity index (χ0n) is 12.7. The Hall–Kier alpha value is -2.23. The number of phenolic OH excluding ortho intramolecular Hbond substituents is 2. The number of benzene rings is 1. The number of fused-ring (bicyclic) bond motifs is 1. The van der Waals surface area contributed by atoms with Gasteiger partial charge >= 0.3 is 0 Å². The smallest absolute Gasteiger partial charge is 0.196 e. The summed E-state index contributed by atoms with van der Waals surface area (Å²) >= 11 is 0. The lowest BCUT2D eigenvalue weighted by atomic mass is 10.0. The fourth-order valence-corrected chi connectivity index (χ4v) is 2.14. The van der Waals surface area contributed by atoms with Crippen molar-refractivity contribution in [2.24, 2.45) is 0 Å². The van der Waals surface area contributed by atoms with E-state index in [1.807, 2.05) is 33.8 Å². The van der Waals surface area contributed by atoms with E-state index in [4.69, 9.17) is 4.42 Å². The van der Waals surface area contributed by atoms with Gasteiger partial charge in [0, 0.05) is 23.6 Å². The van der Waals surface area contributed by atoms with Crippen LogP contribution < -0.4 is 5.43 Å². The highest BCUT2D eigenvalue weighted by Crippen LogP contribution is 2.35. The Morgan fingerprint density at radius 1 is 1.29 bits per heavy atom. The van der Waals surface area contributed by atoms with Crippen molar-refractivity contribution in [1.82, 2.24) is 0 Å². The van der Waals surface area contributed by atoms with E-state index in [1.54, 1.807) is 0 Å². The third-order valence-corrected chi connectivity index (χ3v) is 3.38. The summed E-state index contributed by atoms with van der Waals surface area (Å²) in [5, 5.41) is 20.5. The SMILES string of the molecule is CC(C)=CCc1c(O)cc2oc(C(C)C)cc(=O)c2c1O. The molecular formula is C17H20O4. The molecule has 1 heterocycles. The van der Waals surface area contributed by atoms with E-state index in [0.29, 0.717) is 17.7 Å².